The number of thiophene rings is 1. The number of carbonyl (C=O) groups is 1. The topological polar surface area (TPSA) is 72.2 Å². The Morgan fingerprint density at radius 1 is 1.15 bits per heavy atom. The Labute approximate surface area is 153 Å². The first-order chi connectivity index (χ1) is 12.8. The summed E-state index contributed by atoms with van der Waals surface area (Å²) in [5, 5.41) is 5.97. The molecule has 1 N–H and O–H groups in total. The first-order valence-electron chi connectivity index (χ1n) is 8.03. The van der Waals surface area contributed by atoms with Gasteiger partial charge in [-0.05, 0) is 35.7 Å². The van der Waals surface area contributed by atoms with E-state index in [1.165, 1.54) is 0 Å². The lowest BCUT2D eigenvalue weighted by atomic mass is 10.3. The van der Waals surface area contributed by atoms with Crippen LogP contribution in [0.5, 0.6) is 0 Å². The maximum Gasteiger partial charge on any atom is 0.260 e. The molecule has 0 fully saturated rings. The van der Waals surface area contributed by atoms with E-state index in [-0.39, 0.29) is 12.5 Å². The van der Waals surface area contributed by atoms with E-state index < -0.39 is 0 Å². The second-order valence-corrected chi connectivity index (χ2v) is 6.51. The van der Waals surface area contributed by atoms with E-state index in [9.17, 15) is 4.79 Å². The fourth-order valence-corrected chi connectivity index (χ4v) is 3.22. The van der Waals surface area contributed by atoms with E-state index in [0.717, 1.165) is 21.6 Å². The second kappa shape index (κ2) is 7.28. The van der Waals surface area contributed by atoms with Gasteiger partial charge in [0, 0.05) is 11.1 Å². The Bertz CT molecular complexity index is 1050. The summed E-state index contributed by atoms with van der Waals surface area (Å²) >= 11 is 1.56. The lowest BCUT2D eigenvalue weighted by Gasteiger charge is -2.07. The van der Waals surface area contributed by atoms with Gasteiger partial charge >= 0.3 is 0 Å². The number of hydrazone groups is 1. The first kappa shape index (κ1) is 16.2. The van der Waals surface area contributed by atoms with Crippen LogP contribution < -0.4 is 5.43 Å². The van der Waals surface area contributed by atoms with E-state index in [0.29, 0.717) is 5.82 Å². The van der Waals surface area contributed by atoms with Crippen LogP contribution in [0.1, 0.15) is 4.88 Å². The summed E-state index contributed by atoms with van der Waals surface area (Å²) in [4.78, 5) is 22.4. The second-order valence-electron chi connectivity index (χ2n) is 5.53. The molecule has 0 radical (unpaired) electrons. The zero-order chi connectivity index (χ0) is 17.8. The van der Waals surface area contributed by atoms with Crippen LogP contribution in [-0.2, 0) is 11.3 Å². The molecule has 26 heavy (non-hydrogen) atoms. The summed E-state index contributed by atoms with van der Waals surface area (Å²) in [6.45, 7) is 0.105. The fourth-order valence-electron chi connectivity index (χ4n) is 2.64. The Hall–Kier alpha value is -3.32. The van der Waals surface area contributed by atoms with E-state index in [1.54, 1.807) is 23.7 Å². The number of benzene rings is 1. The highest BCUT2D eigenvalue weighted by Crippen LogP contribution is 2.23. The molecule has 0 unspecified atom stereocenters. The van der Waals surface area contributed by atoms with Crippen molar-refractivity contribution in [2.75, 3.05) is 0 Å². The number of nitrogens with zero attached hydrogens (tertiary/aromatic N) is 4. The van der Waals surface area contributed by atoms with Crippen molar-refractivity contribution in [3.8, 4) is 11.5 Å². The van der Waals surface area contributed by atoms with Crippen molar-refractivity contribution in [1.82, 2.24) is 20.0 Å². The van der Waals surface area contributed by atoms with E-state index in [1.807, 2.05) is 64.5 Å². The van der Waals surface area contributed by atoms with Crippen molar-refractivity contribution in [1.29, 1.82) is 0 Å². The van der Waals surface area contributed by atoms with Gasteiger partial charge in [0.25, 0.3) is 5.91 Å². The smallest absolute Gasteiger partial charge is 0.260 e. The molecule has 128 valence electrons. The SMILES string of the molecule is O=C(Cn1c(-c2ccccn2)nc2ccccc21)NN=Cc1cccs1. The highest BCUT2D eigenvalue weighted by Gasteiger charge is 2.15. The van der Waals surface area contributed by atoms with Gasteiger partial charge in [-0.2, -0.15) is 5.10 Å². The summed E-state index contributed by atoms with van der Waals surface area (Å²) in [5.74, 6) is 0.433. The molecule has 4 rings (SSSR count). The van der Waals surface area contributed by atoms with Crippen molar-refractivity contribution < 1.29 is 4.79 Å². The highest BCUT2D eigenvalue weighted by atomic mass is 32.1. The Kier molecular flexibility index (Phi) is 4.53. The van der Waals surface area contributed by atoms with Crippen LogP contribution in [-0.4, -0.2) is 26.7 Å². The fraction of sp³-hybridized carbons (Fsp3) is 0.0526. The van der Waals surface area contributed by atoms with E-state index in [2.05, 4.69) is 20.5 Å². The number of rotatable bonds is 5. The van der Waals surface area contributed by atoms with Gasteiger partial charge in [0.05, 0.1) is 17.2 Å². The van der Waals surface area contributed by atoms with Crippen LogP contribution in [0.15, 0.2) is 71.3 Å². The molecule has 1 amide bonds. The Morgan fingerprint density at radius 3 is 2.85 bits per heavy atom. The third-order valence-electron chi connectivity index (χ3n) is 3.77. The molecule has 0 aliphatic heterocycles. The molecule has 3 aromatic heterocycles. The number of hydrogen-bond donors (Lipinski definition) is 1. The van der Waals surface area contributed by atoms with E-state index in [4.69, 9.17) is 0 Å². The van der Waals surface area contributed by atoms with Crippen LogP contribution in [0.4, 0.5) is 0 Å². The molecule has 0 aliphatic carbocycles. The predicted octanol–water partition coefficient (Wildman–Crippen LogP) is 3.31. The van der Waals surface area contributed by atoms with E-state index >= 15 is 0 Å². The summed E-state index contributed by atoms with van der Waals surface area (Å²) in [6.07, 6.45) is 3.35. The number of amides is 1. The molecule has 0 aliphatic rings. The largest absolute Gasteiger partial charge is 0.313 e. The average molecular weight is 361 g/mol. The van der Waals surface area contributed by atoms with Crippen molar-refractivity contribution in [2.24, 2.45) is 5.10 Å². The third kappa shape index (κ3) is 3.38. The summed E-state index contributed by atoms with van der Waals surface area (Å²) < 4.78 is 1.85. The van der Waals surface area contributed by atoms with Gasteiger partial charge in [-0.1, -0.05) is 24.3 Å². The summed E-state index contributed by atoms with van der Waals surface area (Å²) in [5.41, 5.74) is 4.99. The van der Waals surface area contributed by atoms with Gasteiger partial charge in [-0.15, -0.1) is 11.3 Å². The van der Waals surface area contributed by atoms with Crippen molar-refractivity contribution in [2.45, 2.75) is 6.54 Å². The van der Waals surface area contributed by atoms with Gasteiger partial charge in [0.1, 0.15) is 12.2 Å². The normalized spacial score (nSPS) is 11.2. The van der Waals surface area contributed by atoms with Crippen molar-refractivity contribution in [3.05, 3.63) is 71.1 Å². The van der Waals surface area contributed by atoms with Gasteiger partial charge in [0.2, 0.25) is 0 Å². The minimum Gasteiger partial charge on any atom is -0.313 e. The molecule has 0 spiro atoms. The standard InChI is InChI=1S/C19H15N5OS/c25-18(23-21-12-14-6-5-11-26-14)13-24-17-9-2-1-7-15(17)22-19(24)16-8-3-4-10-20-16/h1-12H,13H2,(H,23,25). The zero-order valence-corrected chi connectivity index (χ0v) is 14.6. The molecule has 1 aromatic carbocycles. The molecule has 4 aromatic rings. The Balaban J connectivity index is 1.61. The lowest BCUT2D eigenvalue weighted by Crippen LogP contribution is -2.23. The maximum atomic E-state index is 12.4. The minimum absolute atomic E-state index is 0.105. The lowest BCUT2D eigenvalue weighted by molar-refractivity contribution is -0.121. The van der Waals surface area contributed by atoms with Crippen molar-refractivity contribution >= 4 is 34.5 Å². The number of nitrogens with one attached hydrogen (secondary N) is 1. The zero-order valence-electron chi connectivity index (χ0n) is 13.7. The van der Waals surface area contributed by atoms with Crippen LogP contribution in [0.3, 0.4) is 0 Å². The molecule has 6 nitrogen and oxygen atoms in total. The highest BCUT2D eigenvalue weighted by molar-refractivity contribution is 7.11. The molecule has 0 saturated heterocycles. The molecule has 0 atom stereocenters. The number of carbonyl (C=O) groups excluding carboxylic acids is 1. The number of fused-ring (bicyclic) bond motifs is 1. The van der Waals surface area contributed by atoms with Crippen LogP contribution in [0.25, 0.3) is 22.6 Å². The third-order valence-corrected chi connectivity index (χ3v) is 4.58. The van der Waals surface area contributed by atoms with Crippen LogP contribution in [0, 0.1) is 0 Å². The number of pyridine rings is 1. The first-order valence-corrected chi connectivity index (χ1v) is 8.91. The quantitative estimate of drug-likeness (QED) is 0.438. The number of hydrogen-bond acceptors (Lipinski definition) is 5. The Morgan fingerprint density at radius 2 is 2.04 bits per heavy atom. The van der Waals surface area contributed by atoms with Crippen LogP contribution in [0.2, 0.25) is 0 Å². The molecular weight excluding hydrogens is 346 g/mol. The number of aromatic nitrogens is 3. The summed E-state index contributed by atoms with van der Waals surface area (Å²) in [7, 11) is 0. The number of para-hydroxylation sites is 2. The molecule has 0 saturated carbocycles. The average Bonchev–Trinajstić information content (AvgIpc) is 3.31. The molecular formula is C19H15N5OS. The van der Waals surface area contributed by atoms with Gasteiger partial charge in [0.15, 0.2) is 5.82 Å². The van der Waals surface area contributed by atoms with Crippen molar-refractivity contribution in [3.63, 3.8) is 0 Å². The molecule has 3 heterocycles. The maximum absolute atomic E-state index is 12.4. The van der Waals surface area contributed by atoms with Gasteiger partial charge in [-0.3, -0.25) is 9.78 Å². The summed E-state index contributed by atoms with van der Waals surface area (Å²) in [6, 6.07) is 17.2. The molecule has 7 heteroatoms. The molecule has 0 bridgehead atoms. The monoisotopic (exact) mass is 361 g/mol. The number of imidazole rings is 1. The van der Waals surface area contributed by atoms with Gasteiger partial charge in [-0.25, -0.2) is 10.4 Å². The van der Waals surface area contributed by atoms with Crippen LogP contribution >= 0.6 is 11.3 Å². The van der Waals surface area contributed by atoms with Gasteiger partial charge < -0.3 is 4.57 Å². The minimum atomic E-state index is -0.224. The predicted molar refractivity (Wildman–Crippen MR) is 103 cm³/mol.